The topological polar surface area (TPSA) is 69.8 Å². The lowest BCUT2D eigenvalue weighted by molar-refractivity contribution is -0.123. The maximum Gasteiger partial charge on any atom is 0.237 e. The molecule has 1 aliphatic carbocycles. The zero-order valence-corrected chi connectivity index (χ0v) is 9.78. The first-order valence-electron chi connectivity index (χ1n) is 6.34. The van der Waals surface area contributed by atoms with E-state index in [1.807, 2.05) is 6.07 Å². The van der Waals surface area contributed by atoms with E-state index in [9.17, 15) is 4.79 Å². The number of hydrogen-bond donors (Lipinski definition) is 3. The van der Waals surface area contributed by atoms with Gasteiger partial charge in [0.15, 0.2) is 0 Å². The van der Waals surface area contributed by atoms with E-state index in [4.69, 9.17) is 0 Å². The molecule has 3 atom stereocenters. The van der Waals surface area contributed by atoms with E-state index in [2.05, 4.69) is 20.8 Å². The summed E-state index contributed by atoms with van der Waals surface area (Å²) in [5.41, 5.74) is 0.944. The molecule has 2 fully saturated rings. The van der Waals surface area contributed by atoms with Crippen LogP contribution < -0.4 is 10.6 Å². The first-order valence-corrected chi connectivity index (χ1v) is 6.34. The summed E-state index contributed by atoms with van der Waals surface area (Å²) in [6.45, 7) is 1.54. The quantitative estimate of drug-likeness (QED) is 0.709. The molecule has 2 heterocycles. The second-order valence-electron chi connectivity index (χ2n) is 5.04. The minimum absolute atomic E-state index is 0.0189. The smallest absolute Gasteiger partial charge is 0.237 e. The Kier molecular flexibility index (Phi) is 2.84. The lowest BCUT2D eigenvalue weighted by Crippen LogP contribution is -2.43. The Morgan fingerprint density at radius 2 is 2.47 bits per heavy atom. The van der Waals surface area contributed by atoms with Crippen LogP contribution >= 0.6 is 0 Å². The number of hydrogen-bond acceptors (Lipinski definition) is 3. The van der Waals surface area contributed by atoms with E-state index in [0.717, 1.165) is 18.2 Å². The van der Waals surface area contributed by atoms with Crippen LogP contribution in [0.25, 0.3) is 0 Å². The van der Waals surface area contributed by atoms with Gasteiger partial charge in [0.1, 0.15) is 0 Å². The summed E-state index contributed by atoms with van der Waals surface area (Å²) in [4.78, 5) is 12.1. The number of nitrogens with one attached hydrogen (secondary N) is 3. The number of nitrogens with zero attached hydrogens (tertiary/aromatic N) is 1. The molecule has 0 radical (unpaired) electrons. The van der Waals surface area contributed by atoms with Crippen LogP contribution in [-0.2, 0) is 11.3 Å². The molecule has 1 aromatic heterocycles. The van der Waals surface area contributed by atoms with Gasteiger partial charge in [-0.05, 0) is 37.3 Å². The lowest BCUT2D eigenvalue weighted by atomic mass is 9.93. The molecule has 5 nitrogen and oxygen atoms in total. The lowest BCUT2D eigenvalue weighted by Gasteiger charge is -2.17. The third kappa shape index (κ3) is 2.07. The van der Waals surface area contributed by atoms with Crippen molar-refractivity contribution in [3.63, 3.8) is 0 Å². The van der Waals surface area contributed by atoms with Gasteiger partial charge in [0, 0.05) is 6.20 Å². The van der Waals surface area contributed by atoms with Gasteiger partial charge in [-0.15, -0.1) is 0 Å². The van der Waals surface area contributed by atoms with Gasteiger partial charge in [-0.1, -0.05) is 6.42 Å². The first kappa shape index (κ1) is 10.8. The summed E-state index contributed by atoms with van der Waals surface area (Å²) in [7, 11) is 0. The number of aromatic amines is 1. The second kappa shape index (κ2) is 4.49. The normalized spacial score (nSPS) is 31.4. The fourth-order valence-electron chi connectivity index (χ4n) is 3.15. The van der Waals surface area contributed by atoms with E-state index in [-0.39, 0.29) is 11.9 Å². The number of carbonyl (C=O) groups excluding carboxylic acids is 1. The molecule has 1 amide bonds. The van der Waals surface area contributed by atoms with Gasteiger partial charge in [0.25, 0.3) is 0 Å². The largest absolute Gasteiger partial charge is 0.349 e. The predicted octanol–water partition coefficient (Wildman–Crippen LogP) is 0.414. The maximum atomic E-state index is 12.1. The van der Waals surface area contributed by atoms with Crippen LogP contribution in [0.2, 0.25) is 0 Å². The van der Waals surface area contributed by atoms with Crippen LogP contribution in [-0.4, -0.2) is 28.7 Å². The van der Waals surface area contributed by atoms with E-state index in [1.54, 1.807) is 6.20 Å². The molecule has 5 heteroatoms. The summed E-state index contributed by atoms with van der Waals surface area (Å²) in [6.07, 6.45) is 5.45. The minimum Gasteiger partial charge on any atom is -0.349 e. The summed E-state index contributed by atoms with van der Waals surface area (Å²) < 4.78 is 0. The Morgan fingerprint density at radius 3 is 3.29 bits per heavy atom. The zero-order chi connectivity index (χ0) is 11.7. The molecule has 0 spiro atoms. The molecule has 0 bridgehead atoms. The highest BCUT2D eigenvalue weighted by molar-refractivity contribution is 5.82. The summed E-state index contributed by atoms with van der Waals surface area (Å²) in [6, 6.07) is 1.89. The van der Waals surface area contributed by atoms with Crippen molar-refractivity contribution in [3.8, 4) is 0 Å². The van der Waals surface area contributed by atoms with Crippen molar-refractivity contribution >= 4 is 5.91 Å². The number of amides is 1. The Hall–Kier alpha value is -1.36. The average molecular weight is 234 g/mol. The molecule has 1 saturated carbocycles. The van der Waals surface area contributed by atoms with Gasteiger partial charge in [-0.2, -0.15) is 5.10 Å². The summed E-state index contributed by atoms with van der Waals surface area (Å²) >= 11 is 0. The van der Waals surface area contributed by atoms with Crippen molar-refractivity contribution in [2.45, 2.75) is 31.8 Å². The van der Waals surface area contributed by atoms with Crippen LogP contribution in [0, 0.1) is 11.8 Å². The van der Waals surface area contributed by atoms with Crippen molar-refractivity contribution < 1.29 is 4.79 Å². The highest BCUT2D eigenvalue weighted by Crippen LogP contribution is 2.37. The molecule has 0 aromatic carbocycles. The third-order valence-corrected chi connectivity index (χ3v) is 4.04. The van der Waals surface area contributed by atoms with Gasteiger partial charge < -0.3 is 10.6 Å². The number of rotatable bonds is 3. The highest BCUT2D eigenvalue weighted by atomic mass is 16.2. The molecule has 3 N–H and O–H groups in total. The molecule has 17 heavy (non-hydrogen) atoms. The van der Waals surface area contributed by atoms with Gasteiger partial charge in [0.05, 0.1) is 18.3 Å². The molecule has 2 aliphatic rings. The van der Waals surface area contributed by atoms with Crippen LogP contribution in [0.15, 0.2) is 12.3 Å². The maximum absolute atomic E-state index is 12.1. The molecular weight excluding hydrogens is 216 g/mol. The number of fused-ring (bicyclic) bond motifs is 1. The van der Waals surface area contributed by atoms with Crippen molar-refractivity contribution in [1.29, 1.82) is 0 Å². The van der Waals surface area contributed by atoms with Gasteiger partial charge >= 0.3 is 0 Å². The van der Waals surface area contributed by atoms with Crippen molar-refractivity contribution in [2.75, 3.05) is 6.54 Å². The Labute approximate surface area is 100 Å². The summed E-state index contributed by atoms with van der Waals surface area (Å²) in [5.74, 6) is 1.41. The number of H-pyrrole nitrogens is 1. The molecule has 1 aromatic rings. The second-order valence-corrected chi connectivity index (χ2v) is 5.04. The highest BCUT2D eigenvalue weighted by Gasteiger charge is 2.42. The van der Waals surface area contributed by atoms with Crippen LogP contribution in [0.1, 0.15) is 25.0 Å². The van der Waals surface area contributed by atoms with Crippen LogP contribution in [0.5, 0.6) is 0 Å². The fourth-order valence-corrected chi connectivity index (χ4v) is 3.15. The van der Waals surface area contributed by atoms with Crippen LogP contribution in [0.4, 0.5) is 0 Å². The Morgan fingerprint density at radius 1 is 1.53 bits per heavy atom. The van der Waals surface area contributed by atoms with Gasteiger partial charge in [0.2, 0.25) is 5.91 Å². The molecule has 3 unspecified atom stereocenters. The third-order valence-electron chi connectivity index (χ3n) is 4.04. The van der Waals surface area contributed by atoms with Crippen molar-refractivity contribution in [2.24, 2.45) is 11.8 Å². The standard InChI is InChI=1S/C12H18N4O/c17-12(14-7-9-4-5-15-16-9)11-10-3-1-2-8(10)6-13-11/h4-5,8,10-11,13H,1-3,6-7H2,(H,14,17)(H,15,16). The van der Waals surface area contributed by atoms with E-state index in [0.29, 0.717) is 12.5 Å². The molecule has 1 saturated heterocycles. The Bertz CT molecular complexity index is 389. The SMILES string of the molecule is O=C(NCc1ccn[nH]1)C1NCC2CCCC21. The first-order chi connectivity index (χ1) is 8.34. The summed E-state index contributed by atoms with van der Waals surface area (Å²) in [5, 5.41) is 13.0. The van der Waals surface area contributed by atoms with Crippen molar-refractivity contribution in [1.82, 2.24) is 20.8 Å². The fraction of sp³-hybridized carbons (Fsp3) is 0.667. The number of carbonyl (C=O) groups is 1. The van der Waals surface area contributed by atoms with E-state index < -0.39 is 0 Å². The van der Waals surface area contributed by atoms with Gasteiger partial charge in [-0.25, -0.2) is 0 Å². The molecule has 3 rings (SSSR count). The predicted molar refractivity (Wildman–Crippen MR) is 63.1 cm³/mol. The Balaban J connectivity index is 1.55. The molecular formula is C12H18N4O. The van der Waals surface area contributed by atoms with Gasteiger partial charge in [-0.3, -0.25) is 9.89 Å². The monoisotopic (exact) mass is 234 g/mol. The number of aromatic nitrogens is 2. The molecule has 1 aliphatic heterocycles. The molecule has 92 valence electrons. The van der Waals surface area contributed by atoms with E-state index in [1.165, 1.54) is 19.3 Å². The average Bonchev–Trinajstić information content (AvgIpc) is 3.02. The zero-order valence-electron chi connectivity index (χ0n) is 9.78. The minimum atomic E-state index is 0.0189. The van der Waals surface area contributed by atoms with Crippen LogP contribution in [0.3, 0.4) is 0 Å². The van der Waals surface area contributed by atoms with E-state index >= 15 is 0 Å². The van der Waals surface area contributed by atoms with Crippen molar-refractivity contribution in [3.05, 3.63) is 18.0 Å².